The second kappa shape index (κ2) is 7.56. The first-order valence-electron chi connectivity index (χ1n) is 7.98. The fraction of sp³-hybridized carbons (Fsp3) is 0.438. The van der Waals surface area contributed by atoms with E-state index in [0.29, 0.717) is 5.03 Å². The summed E-state index contributed by atoms with van der Waals surface area (Å²) in [6.45, 7) is 0. The molecular formula is C16H16F3N3O3S. The molecule has 1 aromatic heterocycles. The molecule has 10 heteroatoms. The number of aromatic amines is 1. The van der Waals surface area contributed by atoms with Crippen molar-refractivity contribution >= 4 is 17.7 Å². The summed E-state index contributed by atoms with van der Waals surface area (Å²) in [6, 6.07) is 6.00. The van der Waals surface area contributed by atoms with E-state index in [1.165, 1.54) is 23.9 Å². The maximum Gasteiger partial charge on any atom is 0.573 e. The zero-order valence-electron chi connectivity index (χ0n) is 13.5. The van der Waals surface area contributed by atoms with Gasteiger partial charge in [-0.15, -0.1) is 18.3 Å². The highest BCUT2D eigenvalue weighted by atomic mass is 32.2. The van der Waals surface area contributed by atoms with Gasteiger partial charge in [0.25, 0.3) is 0 Å². The number of ether oxygens (including phenoxy) is 1. The summed E-state index contributed by atoms with van der Waals surface area (Å²) in [6.07, 6.45) is -1.22. The van der Waals surface area contributed by atoms with Crippen LogP contribution in [0.5, 0.6) is 5.75 Å². The van der Waals surface area contributed by atoms with Gasteiger partial charge in [-0.1, -0.05) is 29.1 Å². The monoisotopic (exact) mass is 387 g/mol. The molecule has 140 valence electrons. The molecule has 0 unspecified atom stereocenters. The fourth-order valence-electron chi connectivity index (χ4n) is 3.05. The van der Waals surface area contributed by atoms with Crippen molar-refractivity contribution in [2.75, 3.05) is 0 Å². The Morgan fingerprint density at radius 1 is 1.19 bits per heavy atom. The molecule has 1 aliphatic carbocycles. The number of nitrogens with one attached hydrogen (secondary N) is 1. The van der Waals surface area contributed by atoms with Gasteiger partial charge in [0.05, 0.1) is 0 Å². The van der Waals surface area contributed by atoms with Gasteiger partial charge >= 0.3 is 12.3 Å². The van der Waals surface area contributed by atoms with E-state index >= 15 is 0 Å². The normalized spacial score (nSPS) is 20.7. The van der Waals surface area contributed by atoms with E-state index in [9.17, 15) is 18.0 Å². The van der Waals surface area contributed by atoms with E-state index in [0.717, 1.165) is 31.2 Å². The molecular weight excluding hydrogens is 371 g/mol. The number of hydrogen-bond acceptors (Lipinski definition) is 5. The quantitative estimate of drug-likeness (QED) is 0.799. The van der Waals surface area contributed by atoms with Crippen LogP contribution in [0.25, 0.3) is 0 Å². The third kappa shape index (κ3) is 4.69. The molecule has 0 amide bonds. The number of rotatable bonds is 5. The van der Waals surface area contributed by atoms with E-state index in [2.05, 4.69) is 20.1 Å². The molecule has 0 saturated heterocycles. The highest BCUT2D eigenvalue weighted by molar-refractivity contribution is 7.99. The summed E-state index contributed by atoms with van der Waals surface area (Å²) in [7, 11) is 0. The first-order valence-corrected chi connectivity index (χ1v) is 8.86. The van der Waals surface area contributed by atoms with Crippen molar-refractivity contribution < 1.29 is 27.8 Å². The first-order chi connectivity index (χ1) is 12.3. The predicted octanol–water partition coefficient (Wildman–Crippen LogP) is 4.22. The predicted molar refractivity (Wildman–Crippen MR) is 87.3 cm³/mol. The second-order valence-corrected chi connectivity index (χ2v) is 7.29. The minimum absolute atomic E-state index is 0.00243. The van der Waals surface area contributed by atoms with Gasteiger partial charge in [0.15, 0.2) is 10.7 Å². The molecule has 0 aliphatic heterocycles. The molecule has 3 rings (SSSR count). The Kier molecular flexibility index (Phi) is 5.40. The van der Waals surface area contributed by atoms with Crippen LogP contribution in [0.15, 0.2) is 29.3 Å². The Hall–Kier alpha value is -2.23. The molecule has 1 aromatic carbocycles. The van der Waals surface area contributed by atoms with E-state index in [1.807, 2.05) is 0 Å². The summed E-state index contributed by atoms with van der Waals surface area (Å²) in [5.74, 6) is -1.05. The summed E-state index contributed by atoms with van der Waals surface area (Å²) < 4.78 is 40.5. The molecule has 6 nitrogen and oxygen atoms in total. The number of aromatic nitrogens is 3. The maximum atomic E-state index is 12.2. The lowest BCUT2D eigenvalue weighted by Crippen LogP contribution is -2.17. The van der Waals surface area contributed by atoms with Gasteiger partial charge in [-0.2, -0.15) is 0 Å². The Morgan fingerprint density at radius 3 is 2.42 bits per heavy atom. The van der Waals surface area contributed by atoms with Gasteiger partial charge in [-0.25, -0.2) is 4.79 Å². The molecule has 0 atom stereocenters. The lowest BCUT2D eigenvalue weighted by Gasteiger charge is -2.28. The third-order valence-electron chi connectivity index (χ3n) is 4.27. The summed E-state index contributed by atoms with van der Waals surface area (Å²) in [5.41, 5.74) is 0.980. The van der Waals surface area contributed by atoms with Crippen LogP contribution < -0.4 is 4.74 Å². The van der Waals surface area contributed by atoms with Gasteiger partial charge < -0.3 is 9.84 Å². The van der Waals surface area contributed by atoms with Crippen molar-refractivity contribution in [3.05, 3.63) is 35.5 Å². The number of H-pyrrole nitrogens is 1. The van der Waals surface area contributed by atoms with Crippen LogP contribution in [0.1, 0.15) is 47.7 Å². The average molecular weight is 387 g/mol. The number of benzene rings is 1. The van der Waals surface area contributed by atoms with Crippen molar-refractivity contribution in [2.24, 2.45) is 0 Å². The topological polar surface area (TPSA) is 88.1 Å². The van der Waals surface area contributed by atoms with Gasteiger partial charge in [-0.05, 0) is 49.3 Å². The third-order valence-corrected chi connectivity index (χ3v) is 5.58. The van der Waals surface area contributed by atoms with Crippen molar-refractivity contribution in [3.8, 4) is 5.75 Å². The number of aromatic carboxylic acids is 1. The largest absolute Gasteiger partial charge is 0.573 e. The van der Waals surface area contributed by atoms with Crippen molar-refractivity contribution in [1.82, 2.24) is 15.4 Å². The fourth-order valence-corrected chi connectivity index (χ4v) is 4.22. The molecule has 1 saturated carbocycles. The van der Waals surface area contributed by atoms with Gasteiger partial charge in [0.1, 0.15) is 5.75 Å². The van der Waals surface area contributed by atoms with Crippen LogP contribution in [-0.2, 0) is 0 Å². The maximum absolute atomic E-state index is 12.2. The number of thioether (sulfide) groups is 1. The molecule has 0 spiro atoms. The van der Waals surface area contributed by atoms with Crippen molar-refractivity contribution in [1.29, 1.82) is 0 Å². The SMILES string of the molecule is O=C(O)c1[nH]nnc1S[C@H]1CC[C@@H](c2ccc(OC(F)(F)F)cc2)CC1. The Bertz CT molecular complexity index is 756. The zero-order chi connectivity index (χ0) is 18.7. The standard InChI is InChI=1S/C16H16F3N3O3S/c17-16(18,19)25-11-5-1-9(2-6-11)10-3-7-12(8-4-10)26-14-13(15(23)24)20-22-21-14/h1-2,5-6,10,12H,3-4,7-8H2,(H,23,24)(H,20,21,22)/t10-,12+. The minimum atomic E-state index is -4.69. The molecule has 2 N–H and O–H groups in total. The van der Waals surface area contributed by atoms with Gasteiger partial charge in [0, 0.05) is 5.25 Å². The molecule has 2 aromatic rings. The number of carbonyl (C=O) groups is 1. The van der Waals surface area contributed by atoms with Crippen LogP contribution in [0.2, 0.25) is 0 Å². The van der Waals surface area contributed by atoms with Gasteiger partial charge in [-0.3, -0.25) is 5.10 Å². The smallest absolute Gasteiger partial charge is 0.476 e. The van der Waals surface area contributed by atoms with E-state index in [-0.39, 0.29) is 22.6 Å². The molecule has 26 heavy (non-hydrogen) atoms. The number of alkyl halides is 3. The van der Waals surface area contributed by atoms with Crippen LogP contribution >= 0.6 is 11.8 Å². The average Bonchev–Trinajstić information content (AvgIpc) is 3.03. The summed E-state index contributed by atoms with van der Waals surface area (Å²) in [5, 5.41) is 19.4. The Morgan fingerprint density at radius 2 is 1.85 bits per heavy atom. The van der Waals surface area contributed by atoms with Gasteiger partial charge in [0.2, 0.25) is 0 Å². The van der Waals surface area contributed by atoms with Crippen LogP contribution in [0.4, 0.5) is 13.2 Å². The Labute approximate surface area is 151 Å². The van der Waals surface area contributed by atoms with E-state index < -0.39 is 12.3 Å². The number of nitrogens with zero attached hydrogens (tertiary/aromatic N) is 2. The van der Waals surface area contributed by atoms with E-state index in [4.69, 9.17) is 5.11 Å². The van der Waals surface area contributed by atoms with Crippen molar-refractivity contribution in [2.45, 2.75) is 48.2 Å². The number of carboxylic acids is 1. The highest BCUT2D eigenvalue weighted by Gasteiger charge is 2.31. The molecule has 0 bridgehead atoms. The zero-order valence-corrected chi connectivity index (χ0v) is 14.3. The number of carboxylic acid groups (broad SMARTS) is 1. The second-order valence-electron chi connectivity index (χ2n) is 6.01. The summed E-state index contributed by atoms with van der Waals surface area (Å²) >= 11 is 1.40. The van der Waals surface area contributed by atoms with Crippen LogP contribution in [0.3, 0.4) is 0 Å². The Balaban J connectivity index is 1.55. The van der Waals surface area contributed by atoms with Crippen LogP contribution in [-0.4, -0.2) is 38.1 Å². The van der Waals surface area contributed by atoms with Crippen molar-refractivity contribution in [3.63, 3.8) is 0 Å². The molecule has 1 fully saturated rings. The minimum Gasteiger partial charge on any atom is -0.476 e. The van der Waals surface area contributed by atoms with Crippen LogP contribution in [0, 0.1) is 0 Å². The number of hydrogen-bond donors (Lipinski definition) is 2. The molecule has 0 radical (unpaired) electrons. The molecule has 1 aliphatic rings. The van der Waals surface area contributed by atoms with E-state index in [1.54, 1.807) is 12.1 Å². The molecule has 1 heterocycles. The lowest BCUT2D eigenvalue weighted by molar-refractivity contribution is -0.274. The highest BCUT2D eigenvalue weighted by Crippen LogP contribution is 2.40. The summed E-state index contributed by atoms with van der Waals surface area (Å²) in [4.78, 5) is 11.1. The first kappa shape index (κ1) is 18.6. The lowest BCUT2D eigenvalue weighted by atomic mass is 9.84. The number of halogens is 3.